The van der Waals surface area contributed by atoms with Crippen molar-refractivity contribution in [3.63, 3.8) is 0 Å². The highest BCUT2D eigenvalue weighted by Gasteiger charge is 2.15. The highest BCUT2D eigenvalue weighted by molar-refractivity contribution is 5.85. The summed E-state index contributed by atoms with van der Waals surface area (Å²) in [5.74, 6) is -2.10. The van der Waals surface area contributed by atoms with Crippen molar-refractivity contribution in [2.24, 2.45) is 5.73 Å². The van der Waals surface area contributed by atoms with E-state index >= 15 is 0 Å². The smallest absolute Gasteiger partial charge is 0.223 e. The number of hydrogen-bond acceptors (Lipinski definition) is 3. The highest BCUT2D eigenvalue weighted by Crippen LogP contribution is 2.16. The molecule has 1 aromatic rings. The molecule has 1 rings (SSSR count). The minimum atomic E-state index is -0.935. The molecule has 0 radical (unpaired) electrons. The van der Waals surface area contributed by atoms with E-state index in [2.05, 4.69) is 5.32 Å². The van der Waals surface area contributed by atoms with Crippen molar-refractivity contribution < 1.29 is 18.3 Å². The first-order valence-corrected chi connectivity index (χ1v) is 5.95. The van der Waals surface area contributed by atoms with Crippen LogP contribution in [0.2, 0.25) is 0 Å². The Balaban J connectivity index is 0.00000361. The number of carbonyl (C=O) groups excluding carboxylic acids is 1. The van der Waals surface area contributed by atoms with E-state index in [-0.39, 0.29) is 37.4 Å². The molecule has 1 amide bonds. The number of hydrogen-bond donors (Lipinski definition) is 2. The quantitative estimate of drug-likeness (QED) is 0.844. The fourth-order valence-electron chi connectivity index (χ4n) is 1.64. The maximum atomic E-state index is 13.1. The van der Waals surface area contributed by atoms with Crippen molar-refractivity contribution in [1.29, 1.82) is 0 Å². The molecular weight excluding hydrogens is 290 g/mol. The zero-order valence-corrected chi connectivity index (χ0v) is 12.2. The van der Waals surface area contributed by atoms with Crippen molar-refractivity contribution in [1.82, 2.24) is 5.32 Å². The Morgan fingerprint density at radius 3 is 2.55 bits per heavy atom. The molecule has 20 heavy (non-hydrogen) atoms. The van der Waals surface area contributed by atoms with Gasteiger partial charge in [-0.25, -0.2) is 8.78 Å². The van der Waals surface area contributed by atoms with Crippen LogP contribution in [0.15, 0.2) is 18.2 Å². The van der Waals surface area contributed by atoms with Crippen molar-refractivity contribution in [3.8, 4) is 0 Å². The molecule has 0 saturated heterocycles. The first-order chi connectivity index (χ1) is 8.97. The average molecular weight is 309 g/mol. The fraction of sp³-hybridized carbons (Fsp3) is 0.462. The SMILES string of the molecule is COC(CN)CC(=O)NC(C)c1ccc(F)c(F)c1.Cl. The van der Waals surface area contributed by atoms with E-state index in [1.54, 1.807) is 6.92 Å². The molecule has 0 aromatic heterocycles. The maximum Gasteiger partial charge on any atom is 0.223 e. The molecule has 0 fully saturated rings. The van der Waals surface area contributed by atoms with Crippen LogP contribution >= 0.6 is 12.4 Å². The molecule has 2 unspecified atom stereocenters. The minimum Gasteiger partial charge on any atom is -0.380 e. The van der Waals surface area contributed by atoms with E-state index in [1.807, 2.05) is 0 Å². The lowest BCUT2D eigenvalue weighted by molar-refractivity contribution is -0.124. The third kappa shape index (κ3) is 5.40. The largest absolute Gasteiger partial charge is 0.380 e. The van der Waals surface area contributed by atoms with Gasteiger partial charge in [-0.15, -0.1) is 12.4 Å². The number of methoxy groups -OCH3 is 1. The Morgan fingerprint density at radius 1 is 1.40 bits per heavy atom. The first kappa shape index (κ1) is 18.8. The van der Waals surface area contributed by atoms with Gasteiger partial charge >= 0.3 is 0 Å². The van der Waals surface area contributed by atoms with Crippen LogP contribution in [-0.2, 0) is 9.53 Å². The third-order valence-corrected chi connectivity index (χ3v) is 2.83. The predicted octanol–water partition coefficient (Wildman–Crippen LogP) is 1.93. The van der Waals surface area contributed by atoms with Gasteiger partial charge in [-0.1, -0.05) is 6.07 Å². The third-order valence-electron chi connectivity index (χ3n) is 2.83. The summed E-state index contributed by atoms with van der Waals surface area (Å²) in [6.45, 7) is 1.93. The summed E-state index contributed by atoms with van der Waals surface area (Å²) >= 11 is 0. The summed E-state index contributed by atoms with van der Waals surface area (Å²) in [6, 6.07) is 3.11. The van der Waals surface area contributed by atoms with Gasteiger partial charge in [0.25, 0.3) is 0 Å². The molecule has 114 valence electrons. The summed E-state index contributed by atoms with van der Waals surface area (Å²) < 4.78 is 30.9. The van der Waals surface area contributed by atoms with E-state index < -0.39 is 17.7 Å². The molecule has 0 heterocycles. The van der Waals surface area contributed by atoms with Crippen LogP contribution in [0.4, 0.5) is 8.78 Å². The maximum absolute atomic E-state index is 13.1. The molecule has 0 saturated carbocycles. The zero-order valence-electron chi connectivity index (χ0n) is 11.4. The molecule has 0 bridgehead atoms. The van der Waals surface area contributed by atoms with Gasteiger partial charge in [0.2, 0.25) is 5.91 Å². The van der Waals surface area contributed by atoms with E-state index in [0.717, 1.165) is 12.1 Å². The number of carbonyl (C=O) groups is 1. The Labute approximate surface area is 123 Å². The molecule has 2 atom stereocenters. The molecule has 7 heteroatoms. The van der Waals surface area contributed by atoms with Gasteiger partial charge in [-0.3, -0.25) is 4.79 Å². The summed E-state index contributed by atoms with van der Waals surface area (Å²) in [6.07, 6.45) is -0.224. The van der Waals surface area contributed by atoms with Crippen LogP contribution in [0.25, 0.3) is 0 Å². The van der Waals surface area contributed by atoms with Crippen LogP contribution in [0, 0.1) is 11.6 Å². The van der Waals surface area contributed by atoms with Gasteiger partial charge in [-0.05, 0) is 24.6 Å². The molecule has 0 aliphatic carbocycles. The number of amides is 1. The number of nitrogens with two attached hydrogens (primary N) is 1. The van der Waals surface area contributed by atoms with E-state index in [1.165, 1.54) is 13.2 Å². The van der Waals surface area contributed by atoms with Gasteiger partial charge < -0.3 is 15.8 Å². The molecular formula is C13H19ClF2N2O2. The van der Waals surface area contributed by atoms with Crippen molar-refractivity contribution in [3.05, 3.63) is 35.4 Å². The Hall–Kier alpha value is -1.24. The Bertz CT molecular complexity index is 442. The van der Waals surface area contributed by atoms with E-state index in [9.17, 15) is 13.6 Å². The minimum absolute atomic E-state index is 0. The Morgan fingerprint density at radius 2 is 2.05 bits per heavy atom. The number of nitrogens with one attached hydrogen (secondary N) is 1. The monoisotopic (exact) mass is 308 g/mol. The summed E-state index contributed by atoms with van der Waals surface area (Å²) in [5.41, 5.74) is 5.91. The topological polar surface area (TPSA) is 64.3 Å². The summed E-state index contributed by atoms with van der Waals surface area (Å²) in [5, 5.41) is 2.68. The number of ether oxygens (including phenoxy) is 1. The average Bonchev–Trinajstić information content (AvgIpc) is 2.38. The van der Waals surface area contributed by atoms with Gasteiger partial charge in [-0.2, -0.15) is 0 Å². The summed E-state index contributed by atoms with van der Waals surface area (Å²) in [7, 11) is 1.48. The molecule has 0 aliphatic heterocycles. The zero-order chi connectivity index (χ0) is 14.4. The lowest BCUT2D eigenvalue weighted by Crippen LogP contribution is -2.33. The van der Waals surface area contributed by atoms with Crippen LogP contribution in [0.1, 0.15) is 24.9 Å². The van der Waals surface area contributed by atoms with Gasteiger partial charge in [0, 0.05) is 13.7 Å². The summed E-state index contributed by atoms with van der Waals surface area (Å²) in [4.78, 5) is 11.7. The van der Waals surface area contributed by atoms with E-state index in [0.29, 0.717) is 5.56 Å². The Kier molecular flexibility index (Phi) is 8.29. The highest BCUT2D eigenvalue weighted by atomic mass is 35.5. The van der Waals surface area contributed by atoms with Gasteiger partial charge in [0.05, 0.1) is 18.6 Å². The number of halogens is 3. The normalized spacial score (nSPS) is 13.2. The van der Waals surface area contributed by atoms with Crippen LogP contribution in [-0.4, -0.2) is 25.7 Å². The molecule has 1 aromatic carbocycles. The fourth-order valence-corrected chi connectivity index (χ4v) is 1.64. The predicted molar refractivity (Wildman–Crippen MR) is 74.6 cm³/mol. The van der Waals surface area contributed by atoms with Crippen LogP contribution in [0.3, 0.4) is 0 Å². The molecule has 3 N–H and O–H groups in total. The molecule has 0 aliphatic rings. The van der Waals surface area contributed by atoms with E-state index in [4.69, 9.17) is 10.5 Å². The number of rotatable bonds is 6. The van der Waals surface area contributed by atoms with Gasteiger partial charge in [0.1, 0.15) is 0 Å². The van der Waals surface area contributed by atoms with Crippen molar-refractivity contribution in [2.45, 2.75) is 25.5 Å². The first-order valence-electron chi connectivity index (χ1n) is 5.95. The van der Waals surface area contributed by atoms with Crippen molar-refractivity contribution >= 4 is 18.3 Å². The van der Waals surface area contributed by atoms with Gasteiger partial charge in [0.15, 0.2) is 11.6 Å². The number of benzene rings is 1. The second kappa shape index (κ2) is 8.84. The molecule has 0 spiro atoms. The second-order valence-electron chi connectivity index (χ2n) is 4.26. The second-order valence-corrected chi connectivity index (χ2v) is 4.26. The van der Waals surface area contributed by atoms with Crippen LogP contribution in [0.5, 0.6) is 0 Å². The standard InChI is InChI=1S/C13H18F2N2O2.ClH/c1-8(9-3-4-11(14)12(15)5-9)17-13(18)6-10(7-16)19-2;/h3-5,8,10H,6-7,16H2,1-2H3,(H,17,18);1H. The lowest BCUT2D eigenvalue weighted by atomic mass is 10.1. The lowest BCUT2D eigenvalue weighted by Gasteiger charge is -2.17. The van der Waals surface area contributed by atoms with Crippen molar-refractivity contribution in [2.75, 3.05) is 13.7 Å². The van der Waals surface area contributed by atoms with Crippen LogP contribution < -0.4 is 11.1 Å². The molecule has 4 nitrogen and oxygen atoms in total.